The molecule has 0 spiro atoms. The molecule has 0 radical (unpaired) electrons. The van der Waals surface area contributed by atoms with Crippen molar-refractivity contribution in [3.63, 3.8) is 0 Å². The number of carbonyl (C=O) groups is 1. The van der Waals surface area contributed by atoms with E-state index in [1.165, 1.54) is 16.8 Å². The lowest BCUT2D eigenvalue weighted by Crippen LogP contribution is -2.35. The first-order chi connectivity index (χ1) is 15.6. The molecular weight excluding hydrogens is 420 g/mol. The van der Waals surface area contributed by atoms with Crippen molar-refractivity contribution in [1.82, 2.24) is 19.9 Å². The standard InChI is InChI=1S/C24H32N6O3/c1-23(2,3)33-22(31)30(5)21-26-14-17(15-27-21)19-13-20(29-16-28-19)25-12-10-18-9-7-8-11-24(18,4)32-6/h7-9,13-16H,10-12H2,1-6H3,(H,25,28,29). The molecule has 1 aliphatic rings. The highest BCUT2D eigenvalue weighted by molar-refractivity contribution is 5.85. The van der Waals surface area contributed by atoms with Crippen LogP contribution in [0, 0.1) is 0 Å². The number of allylic oxidation sites excluding steroid dienone is 2. The number of rotatable bonds is 7. The maximum absolute atomic E-state index is 12.2. The SMILES string of the molecule is COC1(C)CC=CC=C1CCNc1cc(-c2cnc(N(C)C(=O)OC(C)(C)C)nc2)ncn1. The van der Waals surface area contributed by atoms with Crippen molar-refractivity contribution in [2.75, 3.05) is 30.9 Å². The van der Waals surface area contributed by atoms with Crippen LogP contribution in [0.5, 0.6) is 0 Å². The van der Waals surface area contributed by atoms with Gasteiger partial charge in [0.2, 0.25) is 5.95 Å². The van der Waals surface area contributed by atoms with E-state index in [0.717, 1.165) is 12.8 Å². The first-order valence-electron chi connectivity index (χ1n) is 10.9. The average molecular weight is 453 g/mol. The lowest BCUT2D eigenvalue weighted by atomic mass is 9.86. The van der Waals surface area contributed by atoms with Gasteiger partial charge >= 0.3 is 6.09 Å². The Kier molecular flexibility index (Phi) is 7.43. The summed E-state index contributed by atoms with van der Waals surface area (Å²) in [7, 11) is 3.32. The third-order valence-electron chi connectivity index (χ3n) is 5.34. The van der Waals surface area contributed by atoms with Crippen LogP contribution in [-0.2, 0) is 9.47 Å². The van der Waals surface area contributed by atoms with E-state index in [4.69, 9.17) is 9.47 Å². The van der Waals surface area contributed by atoms with Crippen LogP contribution >= 0.6 is 0 Å². The first-order valence-corrected chi connectivity index (χ1v) is 10.9. The van der Waals surface area contributed by atoms with Gasteiger partial charge in [0.15, 0.2) is 0 Å². The molecule has 33 heavy (non-hydrogen) atoms. The molecule has 1 unspecified atom stereocenters. The molecule has 2 heterocycles. The van der Waals surface area contributed by atoms with Crippen LogP contribution in [0.25, 0.3) is 11.3 Å². The van der Waals surface area contributed by atoms with E-state index in [9.17, 15) is 4.79 Å². The second-order valence-electron chi connectivity index (χ2n) is 9.04. The third-order valence-corrected chi connectivity index (χ3v) is 5.34. The maximum atomic E-state index is 12.2. The maximum Gasteiger partial charge on any atom is 0.416 e. The molecule has 0 bridgehead atoms. The molecule has 2 aromatic rings. The Morgan fingerprint density at radius 2 is 1.94 bits per heavy atom. The zero-order valence-corrected chi connectivity index (χ0v) is 20.1. The first kappa shape index (κ1) is 24.3. The third kappa shape index (κ3) is 6.35. The molecule has 1 atom stereocenters. The molecule has 1 N–H and O–H groups in total. The van der Waals surface area contributed by atoms with Gasteiger partial charge in [-0.2, -0.15) is 0 Å². The number of methoxy groups -OCH3 is 1. The zero-order valence-electron chi connectivity index (χ0n) is 20.1. The van der Waals surface area contributed by atoms with Gasteiger partial charge in [-0.05, 0) is 46.1 Å². The minimum absolute atomic E-state index is 0.247. The lowest BCUT2D eigenvalue weighted by Gasteiger charge is -2.32. The fourth-order valence-electron chi connectivity index (χ4n) is 3.32. The Morgan fingerprint density at radius 3 is 2.61 bits per heavy atom. The van der Waals surface area contributed by atoms with Crippen molar-refractivity contribution < 1.29 is 14.3 Å². The van der Waals surface area contributed by atoms with Crippen LogP contribution < -0.4 is 10.2 Å². The number of anilines is 2. The highest BCUT2D eigenvalue weighted by atomic mass is 16.6. The Balaban J connectivity index is 1.63. The molecule has 0 fully saturated rings. The topological polar surface area (TPSA) is 102 Å². The number of hydrogen-bond acceptors (Lipinski definition) is 8. The van der Waals surface area contributed by atoms with Crippen LogP contribution in [0.4, 0.5) is 16.6 Å². The molecule has 3 rings (SSSR count). The van der Waals surface area contributed by atoms with Crippen molar-refractivity contribution >= 4 is 17.9 Å². The fraction of sp³-hybridized carbons (Fsp3) is 0.458. The largest absolute Gasteiger partial charge is 0.443 e. The number of nitrogens with one attached hydrogen (secondary N) is 1. The number of nitrogens with zero attached hydrogens (tertiary/aromatic N) is 5. The number of hydrogen-bond donors (Lipinski definition) is 1. The molecule has 0 saturated heterocycles. The molecule has 1 aliphatic carbocycles. The van der Waals surface area contributed by atoms with Gasteiger partial charge in [0.05, 0.1) is 11.3 Å². The van der Waals surface area contributed by atoms with Gasteiger partial charge in [-0.1, -0.05) is 18.2 Å². The summed E-state index contributed by atoms with van der Waals surface area (Å²) >= 11 is 0. The lowest BCUT2D eigenvalue weighted by molar-refractivity contribution is 0.0374. The minimum Gasteiger partial charge on any atom is -0.443 e. The number of ether oxygens (including phenoxy) is 2. The Hall–Kier alpha value is -3.33. The molecule has 176 valence electrons. The number of amides is 1. The zero-order chi connectivity index (χ0) is 24.1. The van der Waals surface area contributed by atoms with Crippen LogP contribution in [0.15, 0.2) is 48.6 Å². The minimum atomic E-state index is -0.595. The Bertz CT molecular complexity index is 1030. The quantitative estimate of drug-likeness (QED) is 0.659. The van der Waals surface area contributed by atoms with E-state index in [1.807, 2.05) is 26.8 Å². The normalized spacial score (nSPS) is 17.9. The van der Waals surface area contributed by atoms with Crippen LogP contribution in [0.2, 0.25) is 0 Å². The van der Waals surface area contributed by atoms with Gasteiger partial charge in [0.25, 0.3) is 0 Å². The van der Waals surface area contributed by atoms with E-state index < -0.39 is 11.7 Å². The summed E-state index contributed by atoms with van der Waals surface area (Å²) in [6.07, 6.45) is 12.2. The molecule has 0 aromatic carbocycles. The average Bonchev–Trinajstić information content (AvgIpc) is 2.79. The van der Waals surface area contributed by atoms with Crippen molar-refractivity contribution in [3.8, 4) is 11.3 Å². The van der Waals surface area contributed by atoms with Crippen molar-refractivity contribution in [1.29, 1.82) is 0 Å². The molecule has 0 saturated carbocycles. The van der Waals surface area contributed by atoms with E-state index in [-0.39, 0.29) is 11.5 Å². The van der Waals surface area contributed by atoms with Crippen molar-refractivity contribution in [3.05, 3.63) is 48.6 Å². The molecular formula is C24H32N6O3. The smallest absolute Gasteiger partial charge is 0.416 e. The summed E-state index contributed by atoms with van der Waals surface area (Å²) in [4.78, 5) is 30.7. The number of carbonyl (C=O) groups excluding carboxylic acids is 1. The molecule has 9 heteroatoms. The van der Waals surface area contributed by atoms with Gasteiger partial charge in [0.1, 0.15) is 17.7 Å². The summed E-state index contributed by atoms with van der Waals surface area (Å²) in [5.74, 6) is 0.956. The fourth-order valence-corrected chi connectivity index (χ4v) is 3.32. The summed E-state index contributed by atoms with van der Waals surface area (Å²) in [5, 5.41) is 3.35. The van der Waals surface area contributed by atoms with E-state index in [0.29, 0.717) is 23.6 Å². The summed E-state index contributed by atoms with van der Waals surface area (Å²) in [6, 6.07) is 1.85. The molecule has 2 aromatic heterocycles. The molecule has 0 aliphatic heterocycles. The van der Waals surface area contributed by atoms with Gasteiger partial charge in [0, 0.05) is 44.7 Å². The van der Waals surface area contributed by atoms with Crippen LogP contribution in [-0.4, -0.2) is 57.9 Å². The highest BCUT2D eigenvalue weighted by Crippen LogP contribution is 2.30. The van der Waals surface area contributed by atoms with Gasteiger partial charge in [-0.15, -0.1) is 0 Å². The summed E-state index contributed by atoms with van der Waals surface area (Å²) < 4.78 is 11.1. The van der Waals surface area contributed by atoms with Crippen LogP contribution in [0.1, 0.15) is 40.5 Å². The van der Waals surface area contributed by atoms with E-state index >= 15 is 0 Å². The summed E-state index contributed by atoms with van der Waals surface area (Å²) in [5.41, 5.74) is 1.78. The second-order valence-corrected chi connectivity index (χ2v) is 9.04. The predicted octanol–water partition coefficient (Wildman–Crippen LogP) is 4.40. The van der Waals surface area contributed by atoms with Crippen molar-refractivity contribution in [2.45, 2.75) is 51.7 Å². The number of aromatic nitrogens is 4. The molecule has 1 amide bonds. The predicted molar refractivity (Wildman–Crippen MR) is 128 cm³/mol. The summed E-state index contributed by atoms with van der Waals surface area (Å²) in [6.45, 7) is 8.24. The van der Waals surface area contributed by atoms with Gasteiger partial charge in [-0.3, -0.25) is 0 Å². The molecule has 9 nitrogen and oxygen atoms in total. The Labute approximate surface area is 195 Å². The van der Waals surface area contributed by atoms with Crippen molar-refractivity contribution in [2.24, 2.45) is 0 Å². The monoisotopic (exact) mass is 452 g/mol. The van der Waals surface area contributed by atoms with Gasteiger partial charge < -0.3 is 14.8 Å². The Morgan fingerprint density at radius 1 is 1.21 bits per heavy atom. The highest BCUT2D eigenvalue weighted by Gasteiger charge is 2.28. The second kappa shape index (κ2) is 10.1. The van der Waals surface area contributed by atoms with E-state index in [1.54, 1.807) is 26.6 Å². The van der Waals surface area contributed by atoms with Gasteiger partial charge in [-0.25, -0.2) is 29.6 Å². The van der Waals surface area contributed by atoms with Crippen LogP contribution in [0.3, 0.4) is 0 Å². The van der Waals surface area contributed by atoms with E-state index in [2.05, 4.69) is 50.4 Å².